The number of carboxylic acid groups (broad SMARTS) is 1. The molecule has 0 aliphatic rings. The number of carboxylic acids is 1. The summed E-state index contributed by atoms with van der Waals surface area (Å²) in [6, 6.07) is 6.82. The molecule has 0 spiro atoms. The molecule has 0 aliphatic heterocycles. The number of halogens is 7. The van der Waals surface area contributed by atoms with Crippen molar-refractivity contribution in [3.8, 4) is 23.0 Å². The van der Waals surface area contributed by atoms with Crippen LogP contribution in [0.15, 0.2) is 45.2 Å². The van der Waals surface area contributed by atoms with Gasteiger partial charge < -0.3 is 24.8 Å². The second-order valence-electron chi connectivity index (χ2n) is 7.65. The van der Waals surface area contributed by atoms with Crippen LogP contribution < -0.4 is 9.47 Å². The van der Waals surface area contributed by atoms with Crippen molar-refractivity contribution in [1.29, 1.82) is 0 Å². The molecular weight excluding hydrogens is 651 g/mol. The third-order valence-electron chi connectivity index (χ3n) is 4.83. The zero-order valence-corrected chi connectivity index (χ0v) is 23.0. The van der Waals surface area contributed by atoms with Gasteiger partial charge in [-0.3, -0.25) is 0 Å². The first-order valence-electron chi connectivity index (χ1n) is 10.6. The van der Waals surface area contributed by atoms with E-state index in [0.29, 0.717) is 16.6 Å². The number of alkyl halides is 6. The van der Waals surface area contributed by atoms with E-state index in [4.69, 9.17) is 5.11 Å². The maximum atomic E-state index is 12.1. The number of hydrogen-bond acceptors (Lipinski definition) is 9. The van der Waals surface area contributed by atoms with Gasteiger partial charge in [0.15, 0.2) is 11.5 Å². The van der Waals surface area contributed by atoms with Crippen molar-refractivity contribution in [2.45, 2.75) is 26.6 Å². The average Bonchev–Trinajstić information content (AvgIpc) is 2.83. The number of carbonyl (C=O) groups is 1. The Bertz CT molecular complexity index is 1610. The number of aryl methyl sites for hydroxylation is 2. The number of thiol groups is 1. The number of nitrogens with zero attached hydrogens (tertiary/aromatic N) is 3. The summed E-state index contributed by atoms with van der Waals surface area (Å²) in [4.78, 5) is 19.1. The van der Waals surface area contributed by atoms with Crippen molar-refractivity contribution < 1.29 is 55.9 Å². The first-order chi connectivity index (χ1) is 18.9. The molecule has 0 aliphatic carbocycles. The molecule has 4 rings (SSSR count). The Labute approximate surface area is 241 Å². The number of ether oxygens (including phenoxy) is 2. The molecule has 18 heteroatoms. The molecule has 9 nitrogen and oxygen atoms in total. The van der Waals surface area contributed by atoms with Gasteiger partial charge in [-0.15, -0.1) is 26.3 Å². The van der Waals surface area contributed by atoms with Gasteiger partial charge in [-0.2, -0.15) is 0 Å². The Hall–Kier alpha value is -3.80. The molecule has 1 radical (unpaired) electrons. The Morgan fingerprint density at radius 2 is 1.27 bits per heavy atom. The van der Waals surface area contributed by atoms with Crippen LogP contribution in [0.3, 0.4) is 0 Å². The average molecular weight is 667 g/mol. The minimum absolute atomic E-state index is 0.0689. The normalized spacial score (nSPS) is 11.1. The summed E-state index contributed by atoms with van der Waals surface area (Å²) in [6.07, 6.45) is -9.64. The van der Waals surface area contributed by atoms with Crippen LogP contribution >= 0.6 is 28.7 Å². The minimum atomic E-state index is -4.89. The van der Waals surface area contributed by atoms with Gasteiger partial charge in [-0.25, -0.2) is 14.8 Å². The van der Waals surface area contributed by atoms with Crippen molar-refractivity contribution in [3.63, 3.8) is 0 Å². The van der Waals surface area contributed by atoms with E-state index >= 15 is 0 Å². The number of rotatable bonds is 3. The Morgan fingerprint density at radius 1 is 0.878 bits per heavy atom. The van der Waals surface area contributed by atoms with Crippen LogP contribution in [-0.2, 0) is 0 Å². The van der Waals surface area contributed by atoms with Gasteiger partial charge in [0.05, 0.1) is 26.9 Å². The fourth-order valence-corrected chi connectivity index (χ4v) is 3.88. The van der Waals surface area contributed by atoms with Gasteiger partial charge >= 0.3 is 43.4 Å². The third-order valence-corrected chi connectivity index (χ3v) is 5.63. The van der Waals surface area contributed by atoms with Gasteiger partial charge in [-0.05, 0) is 66.2 Å². The molecule has 0 bridgehead atoms. The van der Waals surface area contributed by atoms with Crippen molar-refractivity contribution in [2.75, 3.05) is 0 Å². The summed E-state index contributed by atoms with van der Waals surface area (Å²) in [6.45, 7) is 2.99. The number of pyridine rings is 2. The molecule has 3 N–H and O–H groups in total. The summed E-state index contributed by atoms with van der Waals surface area (Å²) in [5.74, 6) is -3.11. The predicted octanol–water partition coefficient (Wildman–Crippen LogP) is 6.94. The molecule has 0 atom stereocenters. The number of aromatic carboxylic acids is 1. The number of fused-ring (bicyclic) bond motifs is 2. The van der Waals surface area contributed by atoms with Gasteiger partial charge in [-0.1, -0.05) is 0 Å². The van der Waals surface area contributed by atoms with E-state index < -0.39 is 35.8 Å². The first-order valence-corrected chi connectivity index (χ1v) is 11.8. The van der Waals surface area contributed by atoms with Crippen molar-refractivity contribution in [2.24, 2.45) is 4.30 Å². The molecule has 4 aromatic rings. The topological polar surface area (TPSA) is 134 Å². The van der Waals surface area contributed by atoms with E-state index in [1.165, 1.54) is 31.2 Å². The summed E-state index contributed by atoms with van der Waals surface area (Å²) < 4.78 is 83.2. The van der Waals surface area contributed by atoms with Crippen LogP contribution in [0.5, 0.6) is 23.0 Å². The molecule has 0 amide bonds. The van der Waals surface area contributed by atoms with E-state index in [9.17, 15) is 41.4 Å². The molecule has 2 heterocycles. The predicted molar refractivity (Wildman–Crippen MR) is 141 cm³/mol. The standard InChI is InChI=1S/C12H8F3NO4.C11H7BrF3NO2.BHNS/c1-5-10(17)9(11(18)19)7-4-6(20-12(13,14)15)2-3-8(7)16-5;1-5-10(17)9(12)7-4-6(18-11(13,14)15)2-3-8(7)16-5;1-2-3/h2-4,17H,1H3,(H,18,19);2-4,17H,1H3;3H. The van der Waals surface area contributed by atoms with Gasteiger partial charge in [0.25, 0.3) is 0 Å². The van der Waals surface area contributed by atoms with Crippen molar-refractivity contribution >= 4 is 64.2 Å². The summed E-state index contributed by atoms with van der Waals surface area (Å²) in [5.41, 5.74) is 0.553. The van der Waals surface area contributed by atoms with Crippen LogP contribution in [0.25, 0.3) is 21.8 Å². The van der Waals surface area contributed by atoms with E-state index in [1.807, 2.05) is 0 Å². The van der Waals surface area contributed by atoms with Gasteiger partial charge in [0, 0.05) is 10.8 Å². The molecule has 0 fully saturated rings. The maximum absolute atomic E-state index is 12.1. The Balaban J connectivity index is 0.000000263. The third kappa shape index (κ3) is 9.11. The number of hydrogen-bond donors (Lipinski definition) is 4. The van der Waals surface area contributed by atoms with Crippen molar-refractivity contribution in [3.05, 3.63) is 57.8 Å². The second kappa shape index (κ2) is 13.2. The van der Waals surface area contributed by atoms with E-state index in [-0.39, 0.29) is 32.6 Å². The van der Waals surface area contributed by atoms with Gasteiger partial charge in [0.1, 0.15) is 17.1 Å². The van der Waals surface area contributed by atoms with Crippen LogP contribution in [-0.4, -0.2) is 51.6 Å². The SMILES string of the molecule is Cc1nc2ccc(OC(F)(F)F)cc2c(Br)c1O.Cc1nc2ccc(OC(F)(F)F)cc2c(C(=O)O)c1O.[B]=NS. The van der Waals surface area contributed by atoms with Crippen molar-refractivity contribution in [1.82, 2.24) is 9.97 Å². The van der Waals surface area contributed by atoms with Crippen LogP contribution in [0.1, 0.15) is 21.7 Å². The summed E-state index contributed by atoms with van der Waals surface area (Å²) in [7, 11) is 4.34. The quantitative estimate of drug-likeness (QED) is 0.105. The monoisotopic (exact) mass is 666 g/mol. The van der Waals surface area contributed by atoms with E-state index in [0.717, 1.165) is 12.1 Å². The Morgan fingerprint density at radius 3 is 1.68 bits per heavy atom. The fourth-order valence-electron chi connectivity index (χ4n) is 3.27. The number of aromatic hydroxyl groups is 2. The number of aromatic nitrogens is 2. The van der Waals surface area contributed by atoms with E-state index in [2.05, 4.69) is 60.1 Å². The Kier molecular flexibility index (Phi) is 10.8. The van der Waals surface area contributed by atoms with Crippen LogP contribution in [0.2, 0.25) is 0 Å². The van der Waals surface area contributed by atoms with Gasteiger partial charge in [0.2, 0.25) is 0 Å². The fraction of sp³-hybridized carbons (Fsp3) is 0.174. The molecule has 41 heavy (non-hydrogen) atoms. The zero-order chi connectivity index (χ0) is 31.3. The number of benzene rings is 2. The second-order valence-corrected chi connectivity index (χ2v) is 8.68. The summed E-state index contributed by atoms with van der Waals surface area (Å²) in [5, 5.41) is 28.6. The molecule has 2 aromatic carbocycles. The van der Waals surface area contributed by atoms with E-state index in [1.54, 1.807) is 6.92 Å². The zero-order valence-electron chi connectivity index (χ0n) is 20.5. The molecule has 2 aromatic heterocycles. The molecule has 0 unspecified atom stereocenters. The van der Waals surface area contributed by atoms with Crippen LogP contribution in [0, 0.1) is 13.8 Å². The molecule has 0 saturated heterocycles. The molecular formula is C23H16BBrF6N3O6S. The van der Waals surface area contributed by atoms with Crippen LogP contribution in [0.4, 0.5) is 26.3 Å². The first kappa shape index (κ1) is 33.4. The summed E-state index contributed by atoms with van der Waals surface area (Å²) >= 11 is 6.31. The molecule has 0 saturated carbocycles. The molecule has 217 valence electrons.